The van der Waals surface area contributed by atoms with Crippen molar-refractivity contribution >= 4 is 17.5 Å². The van der Waals surface area contributed by atoms with Crippen molar-refractivity contribution in [2.75, 3.05) is 0 Å². The average molecular weight is 397 g/mol. The number of hydrogen-bond donors (Lipinski definition) is 2. The molecule has 0 saturated heterocycles. The molecule has 0 aliphatic carbocycles. The van der Waals surface area contributed by atoms with Crippen molar-refractivity contribution in [3.05, 3.63) is 81.0 Å². The van der Waals surface area contributed by atoms with E-state index >= 15 is 0 Å². The van der Waals surface area contributed by atoms with Crippen LogP contribution in [0.4, 0.5) is 0 Å². The zero-order valence-corrected chi connectivity index (χ0v) is 16.5. The van der Waals surface area contributed by atoms with Gasteiger partial charge in [-0.3, -0.25) is 14.6 Å². The van der Waals surface area contributed by atoms with Crippen LogP contribution in [0.3, 0.4) is 0 Å². The number of hydrogen-bond acceptors (Lipinski definition) is 4. The number of carbonyl (C=O) groups is 1. The van der Waals surface area contributed by atoms with Crippen molar-refractivity contribution in [1.82, 2.24) is 20.3 Å². The summed E-state index contributed by atoms with van der Waals surface area (Å²) in [5.41, 5.74) is 2.27. The number of aromatic nitrogens is 3. The Bertz CT molecular complexity index is 1030. The second-order valence-corrected chi connectivity index (χ2v) is 6.91. The zero-order valence-electron chi connectivity index (χ0n) is 15.7. The van der Waals surface area contributed by atoms with Crippen molar-refractivity contribution in [2.24, 2.45) is 0 Å². The minimum Gasteiger partial charge on any atom is -0.349 e. The summed E-state index contributed by atoms with van der Waals surface area (Å²) in [6, 6.07) is 10.8. The number of aromatic amines is 1. The summed E-state index contributed by atoms with van der Waals surface area (Å²) in [5.74, 6) is 0.221. The van der Waals surface area contributed by atoms with Crippen molar-refractivity contribution in [3.8, 4) is 11.4 Å². The number of rotatable bonds is 6. The number of benzene rings is 1. The molecule has 0 unspecified atom stereocenters. The van der Waals surface area contributed by atoms with Crippen molar-refractivity contribution < 1.29 is 4.79 Å². The minimum absolute atomic E-state index is 0.0398. The molecule has 6 nitrogen and oxygen atoms in total. The first-order valence-corrected chi connectivity index (χ1v) is 9.40. The molecule has 0 saturated carbocycles. The third-order valence-electron chi connectivity index (χ3n) is 4.51. The lowest BCUT2D eigenvalue weighted by Gasteiger charge is -2.18. The Morgan fingerprint density at radius 1 is 1.25 bits per heavy atom. The van der Waals surface area contributed by atoms with Crippen LogP contribution >= 0.6 is 11.6 Å². The van der Waals surface area contributed by atoms with Crippen LogP contribution in [0.5, 0.6) is 0 Å². The van der Waals surface area contributed by atoms with E-state index in [2.05, 4.69) is 20.3 Å². The largest absolute Gasteiger partial charge is 0.349 e. The van der Waals surface area contributed by atoms with Gasteiger partial charge in [-0.05, 0) is 43.2 Å². The van der Waals surface area contributed by atoms with Gasteiger partial charge in [-0.15, -0.1) is 0 Å². The molecule has 0 radical (unpaired) electrons. The van der Waals surface area contributed by atoms with Crippen LogP contribution in [0.2, 0.25) is 5.02 Å². The predicted molar refractivity (Wildman–Crippen MR) is 109 cm³/mol. The third-order valence-corrected chi connectivity index (χ3v) is 4.74. The maximum absolute atomic E-state index is 12.6. The normalized spacial score (nSPS) is 11.8. The molecule has 0 fully saturated rings. The number of amides is 1. The maximum atomic E-state index is 12.6. The number of nitrogens with zero attached hydrogens (tertiary/aromatic N) is 2. The van der Waals surface area contributed by atoms with E-state index in [9.17, 15) is 9.59 Å². The molecule has 2 N–H and O–H groups in total. The van der Waals surface area contributed by atoms with Crippen LogP contribution in [-0.2, 0) is 11.2 Å². The fourth-order valence-electron chi connectivity index (χ4n) is 3.02. The second kappa shape index (κ2) is 8.80. The van der Waals surface area contributed by atoms with Gasteiger partial charge in [0.25, 0.3) is 5.56 Å². The Balaban J connectivity index is 1.77. The Kier molecular flexibility index (Phi) is 6.21. The number of carbonyl (C=O) groups excluding carboxylic acids is 1. The first-order chi connectivity index (χ1) is 13.5. The van der Waals surface area contributed by atoms with Crippen molar-refractivity contribution in [2.45, 2.75) is 32.7 Å². The monoisotopic (exact) mass is 396 g/mol. The lowest BCUT2D eigenvalue weighted by Crippen LogP contribution is -2.32. The molecule has 1 amide bonds. The van der Waals surface area contributed by atoms with Gasteiger partial charge in [0.2, 0.25) is 5.91 Å². The van der Waals surface area contributed by atoms with Gasteiger partial charge in [0.05, 0.1) is 12.5 Å². The Labute approximate surface area is 168 Å². The summed E-state index contributed by atoms with van der Waals surface area (Å²) >= 11 is 6.05. The maximum Gasteiger partial charge on any atom is 0.255 e. The summed E-state index contributed by atoms with van der Waals surface area (Å²) < 4.78 is 0. The van der Waals surface area contributed by atoms with Crippen LogP contribution in [0.25, 0.3) is 11.4 Å². The number of nitrogens with one attached hydrogen (secondary N) is 2. The first kappa shape index (κ1) is 19.8. The highest BCUT2D eigenvalue weighted by atomic mass is 35.5. The lowest BCUT2D eigenvalue weighted by atomic mass is 10.0. The van der Waals surface area contributed by atoms with Gasteiger partial charge in [0.1, 0.15) is 5.82 Å². The van der Waals surface area contributed by atoms with Crippen LogP contribution < -0.4 is 10.9 Å². The minimum atomic E-state index is -0.315. The van der Waals surface area contributed by atoms with Gasteiger partial charge in [0, 0.05) is 34.2 Å². The van der Waals surface area contributed by atoms with E-state index in [1.165, 1.54) is 0 Å². The fraction of sp³-hybridized carbons (Fsp3) is 0.238. The highest BCUT2D eigenvalue weighted by molar-refractivity contribution is 6.30. The van der Waals surface area contributed by atoms with E-state index in [1.54, 1.807) is 37.5 Å². The first-order valence-electron chi connectivity index (χ1n) is 9.03. The highest BCUT2D eigenvalue weighted by Crippen LogP contribution is 2.20. The predicted octanol–water partition coefficient (Wildman–Crippen LogP) is 3.60. The second-order valence-electron chi connectivity index (χ2n) is 6.47. The van der Waals surface area contributed by atoms with Crippen LogP contribution in [0, 0.1) is 6.92 Å². The molecule has 0 bridgehead atoms. The topological polar surface area (TPSA) is 87.7 Å². The van der Waals surface area contributed by atoms with E-state index in [0.29, 0.717) is 28.5 Å². The van der Waals surface area contributed by atoms with E-state index < -0.39 is 0 Å². The standard InChI is InChI=1S/C21H21ClN4O2/c1-3-18(15-5-4-6-16(22)11-15)25-19(27)12-17-13(2)24-20(26-21(17)28)14-7-9-23-10-8-14/h4-11,18H,3,12H2,1-2H3,(H,25,27)(H,24,26,28)/t18-/m0/s1. The van der Waals surface area contributed by atoms with Crippen molar-refractivity contribution in [3.63, 3.8) is 0 Å². The molecule has 3 rings (SSSR count). The number of pyridine rings is 1. The number of halogens is 1. The summed E-state index contributed by atoms with van der Waals surface area (Å²) in [6.07, 6.45) is 3.93. The molecule has 0 spiro atoms. The third kappa shape index (κ3) is 4.64. The molecule has 28 heavy (non-hydrogen) atoms. The summed E-state index contributed by atoms with van der Waals surface area (Å²) in [4.78, 5) is 36.3. The van der Waals surface area contributed by atoms with Gasteiger partial charge in [-0.2, -0.15) is 0 Å². The molecule has 0 aliphatic heterocycles. The molecule has 144 valence electrons. The van der Waals surface area contributed by atoms with Gasteiger partial charge >= 0.3 is 0 Å². The zero-order chi connectivity index (χ0) is 20.1. The smallest absolute Gasteiger partial charge is 0.255 e. The molecular weight excluding hydrogens is 376 g/mol. The quantitative estimate of drug-likeness (QED) is 0.666. The van der Waals surface area contributed by atoms with Gasteiger partial charge < -0.3 is 10.3 Å². The average Bonchev–Trinajstić information content (AvgIpc) is 2.69. The Hall–Kier alpha value is -2.99. The lowest BCUT2D eigenvalue weighted by molar-refractivity contribution is -0.121. The van der Waals surface area contributed by atoms with Gasteiger partial charge in [0.15, 0.2) is 0 Å². The van der Waals surface area contributed by atoms with E-state index in [-0.39, 0.29) is 23.9 Å². The number of aryl methyl sites for hydroxylation is 1. The van der Waals surface area contributed by atoms with E-state index in [0.717, 1.165) is 11.1 Å². The molecule has 0 aliphatic rings. The molecule has 2 aromatic heterocycles. The van der Waals surface area contributed by atoms with Crippen LogP contribution in [0.15, 0.2) is 53.6 Å². The van der Waals surface area contributed by atoms with E-state index in [1.807, 2.05) is 25.1 Å². The highest BCUT2D eigenvalue weighted by Gasteiger charge is 2.17. The summed E-state index contributed by atoms with van der Waals surface area (Å²) in [5, 5.41) is 3.59. The summed E-state index contributed by atoms with van der Waals surface area (Å²) in [6.45, 7) is 3.71. The molecule has 1 atom stereocenters. The molecule has 1 aromatic carbocycles. The number of H-pyrrole nitrogens is 1. The molecule has 7 heteroatoms. The Morgan fingerprint density at radius 3 is 2.64 bits per heavy atom. The van der Waals surface area contributed by atoms with Gasteiger partial charge in [-0.1, -0.05) is 30.7 Å². The van der Waals surface area contributed by atoms with E-state index in [4.69, 9.17) is 11.6 Å². The molecule has 2 heterocycles. The van der Waals surface area contributed by atoms with Crippen LogP contribution in [0.1, 0.15) is 36.2 Å². The SMILES string of the molecule is CC[C@H](NC(=O)Cc1c(C)nc(-c2ccncc2)[nH]c1=O)c1cccc(Cl)c1. The van der Waals surface area contributed by atoms with Crippen LogP contribution in [-0.4, -0.2) is 20.9 Å². The molecular formula is C21H21ClN4O2. The Morgan fingerprint density at radius 2 is 2.00 bits per heavy atom. The molecule has 3 aromatic rings. The summed E-state index contributed by atoms with van der Waals surface area (Å²) in [7, 11) is 0. The fourth-order valence-corrected chi connectivity index (χ4v) is 3.21. The van der Waals surface area contributed by atoms with Crippen molar-refractivity contribution in [1.29, 1.82) is 0 Å². The van der Waals surface area contributed by atoms with Gasteiger partial charge in [-0.25, -0.2) is 4.98 Å².